The highest BCUT2D eigenvalue weighted by atomic mass is 31.2. The summed E-state index contributed by atoms with van der Waals surface area (Å²) in [7, 11) is -4.03. The van der Waals surface area contributed by atoms with Crippen LogP contribution in [0.2, 0.25) is 0 Å². The zero-order valence-electron chi connectivity index (χ0n) is 28.4. The molecule has 2 nitrogen and oxygen atoms in total. The quantitative estimate of drug-likeness (QED) is 0.239. The molecule has 0 radical (unpaired) electrons. The molecule has 0 spiro atoms. The van der Waals surface area contributed by atoms with Crippen molar-refractivity contribution in [3.05, 3.63) is 107 Å². The van der Waals surface area contributed by atoms with Crippen molar-refractivity contribution in [2.24, 2.45) is 0 Å². The third-order valence-corrected chi connectivity index (χ3v) is 10.5. The highest BCUT2D eigenvalue weighted by Gasteiger charge is 2.35. The molecule has 4 rings (SSSR count). The van der Waals surface area contributed by atoms with Gasteiger partial charge in [0, 0.05) is 10.6 Å². The van der Waals surface area contributed by atoms with E-state index in [1.54, 1.807) is 0 Å². The summed E-state index contributed by atoms with van der Waals surface area (Å²) < 4.78 is 15.0. The summed E-state index contributed by atoms with van der Waals surface area (Å²) in [6.07, 6.45) is 0. The van der Waals surface area contributed by atoms with Crippen LogP contribution in [0.1, 0.15) is 105 Å². The third-order valence-electron chi connectivity index (χ3n) is 8.41. The Labute approximate surface area is 261 Å². The third kappa shape index (κ3) is 6.92. The topological polar surface area (TPSA) is 37.3 Å². The molecule has 1 atom stereocenters. The van der Waals surface area contributed by atoms with Crippen LogP contribution in [0.15, 0.2) is 84.9 Å². The fraction of sp³-hybridized carbons (Fsp3) is 0.400. The Bertz CT molecular complexity index is 1670. The summed E-state index contributed by atoms with van der Waals surface area (Å²) in [6, 6.07) is 29.0. The first-order valence-corrected chi connectivity index (χ1v) is 17.1. The Morgan fingerprint density at radius 1 is 0.465 bits per heavy atom. The Morgan fingerprint density at radius 2 is 0.953 bits per heavy atom. The van der Waals surface area contributed by atoms with E-state index in [0.29, 0.717) is 10.6 Å². The van der Waals surface area contributed by atoms with Crippen molar-refractivity contribution in [3.8, 4) is 22.3 Å². The van der Waals surface area contributed by atoms with Gasteiger partial charge in [0.15, 0.2) is 0 Å². The van der Waals surface area contributed by atoms with Gasteiger partial charge in [0.25, 0.3) is 7.37 Å². The van der Waals surface area contributed by atoms with Gasteiger partial charge in [0.1, 0.15) is 0 Å². The molecule has 3 heteroatoms. The van der Waals surface area contributed by atoms with Gasteiger partial charge in [0.2, 0.25) is 0 Å². The lowest BCUT2D eigenvalue weighted by Gasteiger charge is -2.31. The van der Waals surface area contributed by atoms with Gasteiger partial charge < -0.3 is 4.89 Å². The van der Waals surface area contributed by atoms with Crippen molar-refractivity contribution in [2.75, 3.05) is 0 Å². The maximum Gasteiger partial charge on any atom is 0.259 e. The zero-order chi connectivity index (χ0) is 32.2. The summed E-state index contributed by atoms with van der Waals surface area (Å²) in [4.78, 5) is 12.3. The van der Waals surface area contributed by atoms with E-state index in [4.69, 9.17) is 0 Å². The molecule has 0 aliphatic carbocycles. The van der Waals surface area contributed by atoms with Gasteiger partial charge in [-0.05, 0) is 84.4 Å². The molecule has 0 heterocycles. The van der Waals surface area contributed by atoms with Crippen LogP contribution < -0.4 is 10.6 Å². The van der Waals surface area contributed by atoms with Crippen molar-refractivity contribution in [2.45, 2.75) is 105 Å². The Kier molecular flexibility index (Phi) is 8.60. The molecule has 0 saturated carbocycles. The zero-order valence-corrected chi connectivity index (χ0v) is 29.3. The second-order valence-electron chi connectivity index (χ2n) is 16.2. The highest BCUT2D eigenvalue weighted by molar-refractivity contribution is 7.73. The van der Waals surface area contributed by atoms with Gasteiger partial charge in [-0.25, -0.2) is 0 Å². The Hall–Kier alpha value is -2.93. The Balaban J connectivity index is 2.09. The van der Waals surface area contributed by atoms with E-state index in [1.165, 1.54) is 11.1 Å². The molecule has 228 valence electrons. The van der Waals surface area contributed by atoms with Gasteiger partial charge in [-0.1, -0.05) is 150 Å². The number of rotatable bonds is 4. The van der Waals surface area contributed by atoms with Crippen LogP contribution in [-0.4, -0.2) is 4.89 Å². The van der Waals surface area contributed by atoms with Crippen LogP contribution >= 0.6 is 7.37 Å². The average Bonchev–Trinajstić information content (AvgIpc) is 2.90. The molecule has 4 aromatic rings. The minimum absolute atomic E-state index is 0.0179. The van der Waals surface area contributed by atoms with Crippen LogP contribution in [0.3, 0.4) is 0 Å². The summed E-state index contributed by atoms with van der Waals surface area (Å²) >= 11 is 0. The van der Waals surface area contributed by atoms with Crippen molar-refractivity contribution in [3.63, 3.8) is 0 Å². The van der Waals surface area contributed by atoms with E-state index in [0.717, 1.165) is 33.4 Å². The summed E-state index contributed by atoms with van der Waals surface area (Å²) in [5.74, 6) is 0. The molecule has 0 bridgehead atoms. The van der Waals surface area contributed by atoms with Crippen LogP contribution in [0.4, 0.5) is 0 Å². The molecular formula is C40H51O2P. The van der Waals surface area contributed by atoms with Crippen molar-refractivity contribution >= 4 is 18.0 Å². The van der Waals surface area contributed by atoms with Gasteiger partial charge >= 0.3 is 0 Å². The largest absolute Gasteiger partial charge is 0.338 e. The van der Waals surface area contributed by atoms with Crippen LogP contribution in [-0.2, 0) is 26.2 Å². The lowest BCUT2D eigenvalue weighted by atomic mass is 9.77. The van der Waals surface area contributed by atoms with E-state index >= 15 is 4.57 Å². The van der Waals surface area contributed by atoms with E-state index in [1.807, 2.05) is 42.5 Å². The van der Waals surface area contributed by atoms with Crippen LogP contribution in [0.5, 0.6) is 0 Å². The smallest absolute Gasteiger partial charge is 0.259 e. The lowest BCUT2D eigenvalue weighted by molar-refractivity contribution is 0.498. The van der Waals surface area contributed by atoms with E-state index < -0.39 is 7.37 Å². The maximum atomic E-state index is 15.0. The van der Waals surface area contributed by atoms with Gasteiger partial charge in [-0.3, -0.25) is 4.57 Å². The minimum atomic E-state index is -4.03. The molecule has 4 aromatic carbocycles. The van der Waals surface area contributed by atoms with Gasteiger partial charge in [-0.15, -0.1) is 0 Å². The second-order valence-corrected chi connectivity index (χ2v) is 18.3. The monoisotopic (exact) mass is 594 g/mol. The molecular weight excluding hydrogens is 543 g/mol. The fourth-order valence-electron chi connectivity index (χ4n) is 5.69. The molecule has 1 N–H and O–H groups in total. The van der Waals surface area contributed by atoms with Crippen molar-refractivity contribution in [1.29, 1.82) is 0 Å². The molecule has 0 fully saturated rings. The summed E-state index contributed by atoms with van der Waals surface area (Å²) in [6.45, 7) is 26.3. The molecule has 0 aliphatic rings. The average molecular weight is 595 g/mol. The predicted molar refractivity (Wildman–Crippen MR) is 188 cm³/mol. The SMILES string of the molecule is CC(C)(C)c1ccc(-c2cc(-c3ccccc3)ccc2P(=O)(O)c2ccc(C(C)(C)C)cc2C(C)(C)C)c(C(C)(C)C)c1. The van der Waals surface area contributed by atoms with Crippen molar-refractivity contribution in [1.82, 2.24) is 0 Å². The molecule has 0 amide bonds. The minimum Gasteiger partial charge on any atom is -0.338 e. The fourth-order valence-corrected chi connectivity index (χ4v) is 7.74. The highest BCUT2D eigenvalue weighted by Crippen LogP contribution is 2.47. The first-order valence-electron chi connectivity index (χ1n) is 15.5. The summed E-state index contributed by atoms with van der Waals surface area (Å²) in [5, 5.41) is 1.00. The first kappa shape index (κ1) is 33.0. The standard InChI is InChI=1S/C40H51O2P/c1-37(2,3)29-19-21-31(33(25-29)39(7,8)9)32-24-28(27-16-14-13-15-17-27)18-22-35(32)43(41,42)36-23-20-30(38(4,5)6)26-34(36)40(10,11)12/h13-26H,1-12H3,(H,41,42). The van der Waals surface area contributed by atoms with E-state index in [2.05, 4.69) is 126 Å². The number of benzene rings is 4. The molecule has 0 saturated heterocycles. The molecule has 0 aliphatic heterocycles. The van der Waals surface area contributed by atoms with Crippen LogP contribution in [0.25, 0.3) is 22.3 Å². The number of hydrogen-bond donors (Lipinski definition) is 1. The molecule has 43 heavy (non-hydrogen) atoms. The van der Waals surface area contributed by atoms with E-state index in [9.17, 15) is 4.89 Å². The van der Waals surface area contributed by atoms with Crippen molar-refractivity contribution < 1.29 is 9.46 Å². The Morgan fingerprint density at radius 3 is 1.47 bits per heavy atom. The lowest BCUT2D eigenvalue weighted by Crippen LogP contribution is -2.29. The molecule has 0 aromatic heterocycles. The first-order chi connectivity index (χ1) is 19.6. The van der Waals surface area contributed by atoms with E-state index in [-0.39, 0.29) is 21.7 Å². The van der Waals surface area contributed by atoms with Gasteiger partial charge in [0.05, 0.1) is 0 Å². The van der Waals surface area contributed by atoms with Crippen LogP contribution in [0, 0.1) is 0 Å². The molecule has 1 unspecified atom stereocenters. The maximum absolute atomic E-state index is 15.0. The number of hydrogen-bond acceptors (Lipinski definition) is 1. The summed E-state index contributed by atoms with van der Waals surface area (Å²) in [5.41, 5.74) is 7.85. The predicted octanol–water partition coefficient (Wildman–Crippen LogP) is 10.4. The van der Waals surface area contributed by atoms with Gasteiger partial charge in [-0.2, -0.15) is 0 Å². The second kappa shape index (κ2) is 11.2. The normalized spacial score (nSPS) is 14.4.